The molecule has 0 unspecified atom stereocenters. The number of rotatable bonds is 5. The summed E-state index contributed by atoms with van der Waals surface area (Å²) >= 11 is 0. The monoisotopic (exact) mass is 307 g/mol. The summed E-state index contributed by atoms with van der Waals surface area (Å²) in [6, 6.07) is 0. The molecule has 22 heavy (non-hydrogen) atoms. The van der Waals surface area contributed by atoms with E-state index < -0.39 is 6.10 Å². The summed E-state index contributed by atoms with van der Waals surface area (Å²) in [5.41, 5.74) is 0.627. The number of hydrogen-bond acceptors (Lipinski definition) is 6. The zero-order valence-electron chi connectivity index (χ0n) is 14.2. The number of likely N-dealkylation sites (N-methyl/N-ethyl adjacent to an activating group) is 1. The Labute approximate surface area is 130 Å². The van der Waals surface area contributed by atoms with Gasteiger partial charge in [0.2, 0.25) is 0 Å². The van der Waals surface area contributed by atoms with E-state index >= 15 is 0 Å². The minimum atomic E-state index is -0.574. The molecule has 2 aromatic rings. The van der Waals surface area contributed by atoms with Gasteiger partial charge in [-0.15, -0.1) is 0 Å². The lowest BCUT2D eigenvalue weighted by Gasteiger charge is -2.24. The Morgan fingerprint density at radius 1 is 1.36 bits per heavy atom. The maximum absolute atomic E-state index is 9.96. The zero-order valence-corrected chi connectivity index (χ0v) is 14.2. The number of methoxy groups -OCH3 is 1. The van der Waals surface area contributed by atoms with Gasteiger partial charge in [-0.2, -0.15) is 5.10 Å². The molecular weight excluding hydrogens is 282 g/mol. The lowest BCUT2D eigenvalue weighted by molar-refractivity contribution is 0.0694. The van der Waals surface area contributed by atoms with E-state index in [-0.39, 0.29) is 12.0 Å². The highest BCUT2D eigenvalue weighted by molar-refractivity contribution is 5.86. The molecule has 1 N–H and O–H groups in total. The number of hydrogen-bond donors (Lipinski definition) is 1. The Bertz CT molecular complexity index is 647. The van der Waals surface area contributed by atoms with Crippen molar-refractivity contribution in [3.63, 3.8) is 0 Å². The summed E-state index contributed by atoms with van der Waals surface area (Å²) in [5.74, 6) is 1.53. The molecule has 0 radical (unpaired) electrons. The van der Waals surface area contributed by atoms with E-state index in [0.29, 0.717) is 6.54 Å². The van der Waals surface area contributed by atoms with E-state index in [1.54, 1.807) is 18.0 Å². The molecular formula is C15H25N5O2. The van der Waals surface area contributed by atoms with Crippen LogP contribution in [-0.4, -0.2) is 58.3 Å². The largest absolute Gasteiger partial charge is 0.389 e. The first-order valence-corrected chi connectivity index (χ1v) is 7.32. The highest BCUT2D eigenvalue weighted by Crippen LogP contribution is 2.27. The fourth-order valence-corrected chi connectivity index (χ4v) is 2.28. The fourth-order valence-electron chi connectivity index (χ4n) is 2.28. The number of nitrogens with zero attached hydrogens (tertiary/aromatic N) is 5. The average molecular weight is 307 g/mol. The third-order valence-corrected chi connectivity index (χ3v) is 3.45. The molecule has 0 aliphatic carbocycles. The summed E-state index contributed by atoms with van der Waals surface area (Å²) < 4.78 is 6.73. The lowest BCUT2D eigenvalue weighted by atomic mass is 9.95. The number of anilines is 1. The van der Waals surface area contributed by atoms with Crippen LogP contribution < -0.4 is 4.90 Å². The summed E-state index contributed by atoms with van der Waals surface area (Å²) in [6.07, 6.45) is 1.19. The smallest absolute Gasteiger partial charge is 0.163 e. The van der Waals surface area contributed by atoms with Crippen LogP contribution >= 0.6 is 0 Å². The number of fused-ring (bicyclic) bond motifs is 1. The van der Waals surface area contributed by atoms with E-state index in [9.17, 15) is 5.11 Å². The van der Waals surface area contributed by atoms with Crippen molar-refractivity contribution in [1.29, 1.82) is 0 Å². The Kier molecular flexibility index (Phi) is 4.67. The third-order valence-electron chi connectivity index (χ3n) is 3.45. The molecule has 0 spiro atoms. The molecule has 0 saturated carbocycles. The van der Waals surface area contributed by atoms with Crippen molar-refractivity contribution in [1.82, 2.24) is 19.7 Å². The van der Waals surface area contributed by atoms with Crippen LogP contribution in [0.4, 0.5) is 5.82 Å². The molecule has 0 amide bonds. The van der Waals surface area contributed by atoms with E-state index in [0.717, 1.165) is 22.7 Å². The van der Waals surface area contributed by atoms with Crippen LogP contribution in [0.3, 0.4) is 0 Å². The topological polar surface area (TPSA) is 76.3 Å². The van der Waals surface area contributed by atoms with Gasteiger partial charge in [-0.3, -0.25) is 4.68 Å². The minimum absolute atomic E-state index is 0.167. The van der Waals surface area contributed by atoms with Gasteiger partial charge >= 0.3 is 0 Å². The summed E-state index contributed by atoms with van der Waals surface area (Å²) in [7, 11) is 5.34. The lowest BCUT2D eigenvalue weighted by Crippen LogP contribution is -2.33. The Morgan fingerprint density at radius 2 is 2.05 bits per heavy atom. The van der Waals surface area contributed by atoms with E-state index in [1.807, 2.05) is 19.0 Å². The number of ether oxygens (including phenoxy) is 1. The van der Waals surface area contributed by atoms with Crippen LogP contribution in [0.25, 0.3) is 11.0 Å². The van der Waals surface area contributed by atoms with Gasteiger partial charge in [-0.05, 0) is 0 Å². The molecule has 0 saturated heterocycles. The molecule has 7 nitrogen and oxygen atoms in total. The van der Waals surface area contributed by atoms with Crippen LogP contribution in [0.5, 0.6) is 0 Å². The van der Waals surface area contributed by atoms with Crippen LogP contribution in [0, 0.1) is 0 Å². The van der Waals surface area contributed by atoms with Gasteiger partial charge in [0.15, 0.2) is 5.65 Å². The fraction of sp³-hybridized carbons (Fsp3) is 0.667. The molecule has 0 aromatic carbocycles. The average Bonchev–Trinajstić information content (AvgIpc) is 2.79. The molecule has 0 aliphatic rings. The van der Waals surface area contributed by atoms with Crippen LogP contribution in [0.1, 0.15) is 26.6 Å². The van der Waals surface area contributed by atoms with Gasteiger partial charge in [0.1, 0.15) is 11.6 Å². The maximum Gasteiger partial charge on any atom is 0.163 e. The Hall–Kier alpha value is -1.73. The Morgan fingerprint density at radius 3 is 2.64 bits per heavy atom. The predicted octanol–water partition coefficient (Wildman–Crippen LogP) is 1.10. The van der Waals surface area contributed by atoms with Crippen molar-refractivity contribution >= 4 is 16.9 Å². The second-order valence-corrected chi connectivity index (χ2v) is 6.62. The van der Waals surface area contributed by atoms with Gasteiger partial charge in [0.25, 0.3) is 0 Å². The van der Waals surface area contributed by atoms with E-state index in [4.69, 9.17) is 9.72 Å². The maximum atomic E-state index is 9.96. The van der Waals surface area contributed by atoms with Gasteiger partial charge < -0.3 is 14.7 Å². The molecule has 2 aromatic heterocycles. The number of aliphatic hydroxyl groups is 1. The molecule has 7 heteroatoms. The molecule has 0 bridgehead atoms. The van der Waals surface area contributed by atoms with Crippen molar-refractivity contribution in [3.05, 3.63) is 12.0 Å². The summed E-state index contributed by atoms with van der Waals surface area (Å²) in [5, 5.41) is 15.1. The number of aryl methyl sites for hydroxylation is 1. The highest BCUT2D eigenvalue weighted by atomic mass is 16.5. The first-order valence-electron chi connectivity index (χ1n) is 7.32. The van der Waals surface area contributed by atoms with Crippen LogP contribution in [0.15, 0.2) is 6.20 Å². The first-order chi connectivity index (χ1) is 10.2. The van der Waals surface area contributed by atoms with E-state index in [2.05, 4.69) is 30.9 Å². The first kappa shape index (κ1) is 16.6. The Balaban J connectivity index is 2.47. The predicted molar refractivity (Wildman–Crippen MR) is 86.2 cm³/mol. The zero-order chi connectivity index (χ0) is 16.5. The second-order valence-electron chi connectivity index (χ2n) is 6.62. The van der Waals surface area contributed by atoms with Crippen LogP contribution in [0.2, 0.25) is 0 Å². The SMILES string of the molecule is COC[C@H](O)CN(C)c1nc(C(C)(C)C)nc2c1cnn2C. The molecule has 2 rings (SSSR count). The standard InChI is InChI=1S/C15H25N5O2/c1-15(2,3)14-17-12(19(4)8-10(21)9-22-6)11-7-16-20(5)13(11)18-14/h7,10,21H,8-9H2,1-6H3/t10-/m1/s1. The van der Waals surface area contributed by atoms with Crippen molar-refractivity contribution in [2.75, 3.05) is 32.2 Å². The molecule has 0 aliphatic heterocycles. The van der Waals surface area contributed by atoms with Crippen molar-refractivity contribution < 1.29 is 9.84 Å². The van der Waals surface area contributed by atoms with Gasteiger partial charge in [0, 0.05) is 33.2 Å². The van der Waals surface area contributed by atoms with Crippen molar-refractivity contribution in [3.8, 4) is 0 Å². The molecule has 0 fully saturated rings. The van der Waals surface area contributed by atoms with Gasteiger partial charge in [0.05, 0.1) is 24.3 Å². The molecule has 122 valence electrons. The van der Waals surface area contributed by atoms with Crippen LogP contribution in [-0.2, 0) is 17.2 Å². The number of aromatic nitrogens is 4. The van der Waals surface area contributed by atoms with Gasteiger partial charge in [-0.25, -0.2) is 9.97 Å². The second kappa shape index (κ2) is 6.18. The van der Waals surface area contributed by atoms with Crippen molar-refractivity contribution in [2.45, 2.75) is 32.3 Å². The summed E-state index contributed by atoms with van der Waals surface area (Å²) in [4.78, 5) is 11.3. The third kappa shape index (κ3) is 3.36. The van der Waals surface area contributed by atoms with Crippen molar-refractivity contribution in [2.24, 2.45) is 7.05 Å². The highest BCUT2D eigenvalue weighted by Gasteiger charge is 2.23. The minimum Gasteiger partial charge on any atom is -0.389 e. The van der Waals surface area contributed by atoms with Gasteiger partial charge in [-0.1, -0.05) is 20.8 Å². The van der Waals surface area contributed by atoms with E-state index in [1.165, 1.54) is 0 Å². The number of aliphatic hydroxyl groups excluding tert-OH is 1. The molecule has 1 atom stereocenters. The molecule has 2 heterocycles. The summed E-state index contributed by atoms with van der Waals surface area (Å²) in [6.45, 7) is 6.95. The normalized spacial score (nSPS) is 13.6. The quantitative estimate of drug-likeness (QED) is 0.891.